The van der Waals surface area contributed by atoms with E-state index < -0.39 is 0 Å². The molecule has 0 radical (unpaired) electrons. The van der Waals surface area contributed by atoms with E-state index in [2.05, 4.69) is 23.7 Å². The number of benzene rings is 2. The Bertz CT molecular complexity index is 693. The van der Waals surface area contributed by atoms with E-state index in [9.17, 15) is 4.79 Å². The molecular formula is C20H27ClN2O3S. The highest BCUT2D eigenvalue weighted by Crippen LogP contribution is 2.22. The molecule has 0 saturated heterocycles. The van der Waals surface area contributed by atoms with Crippen molar-refractivity contribution in [1.29, 1.82) is 0 Å². The smallest absolute Gasteiger partial charge is 0.414 e. The summed E-state index contributed by atoms with van der Waals surface area (Å²) in [5, 5.41) is 3.30. The van der Waals surface area contributed by atoms with Crippen LogP contribution in [0.1, 0.15) is 18.0 Å². The van der Waals surface area contributed by atoms with Crippen LogP contribution < -0.4 is 14.8 Å². The van der Waals surface area contributed by atoms with Crippen LogP contribution in [0.5, 0.6) is 11.5 Å². The van der Waals surface area contributed by atoms with E-state index in [1.807, 2.05) is 43.4 Å². The molecule has 0 saturated carbocycles. The van der Waals surface area contributed by atoms with Crippen LogP contribution in [0, 0.1) is 0 Å². The standard InChI is InChI=1S/C20H26N2O3S.ClH/c1-21-19(13-14-24-16-9-11-18(26-4)12-10-16)15-5-7-17(8-6-15)25-20(23)22(2)3;/h5-12,19,21H,13-14H2,1-4H3;1H/t19-;/m1./s1. The summed E-state index contributed by atoms with van der Waals surface area (Å²) in [4.78, 5) is 14.2. The fourth-order valence-electron chi connectivity index (χ4n) is 2.40. The third-order valence-corrected chi connectivity index (χ3v) is 4.68. The SMILES string of the molecule is CN[C@H](CCOc1ccc(SC)cc1)c1ccc(OC(=O)N(C)C)cc1.Cl. The van der Waals surface area contributed by atoms with Crippen LogP contribution in [0.4, 0.5) is 4.79 Å². The number of amides is 1. The first-order chi connectivity index (χ1) is 12.5. The first kappa shape index (κ1) is 23.1. The monoisotopic (exact) mass is 410 g/mol. The van der Waals surface area contributed by atoms with E-state index in [-0.39, 0.29) is 24.5 Å². The van der Waals surface area contributed by atoms with Crippen LogP contribution in [0.15, 0.2) is 53.4 Å². The summed E-state index contributed by atoms with van der Waals surface area (Å²) in [5.41, 5.74) is 1.12. The van der Waals surface area contributed by atoms with E-state index in [4.69, 9.17) is 9.47 Å². The Morgan fingerprint density at radius 2 is 1.67 bits per heavy atom. The second kappa shape index (κ2) is 11.7. The molecule has 0 bridgehead atoms. The zero-order valence-corrected chi connectivity index (χ0v) is 17.7. The normalized spacial score (nSPS) is 11.3. The zero-order chi connectivity index (χ0) is 18.9. The molecule has 0 fully saturated rings. The molecule has 7 heteroatoms. The van der Waals surface area contributed by atoms with Gasteiger partial charge in [-0.3, -0.25) is 0 Å². The van der Waals surface area contributed by atoms with Gasteiger partial charge < -0.3 is 19.7 Å². The molecule has 5 nitrogen and oxygen atoms in total. The Morgan fingerprint density at radius 1 is 1.07 bits per heavy atom. The number of nitrogens with one attached hydrogen (secondary N) is 1. The lowest BCUT2D eigenvalue weighted by molar-refractivity contribution is 0.172. The van der Waals surface area contributed by atoms with Gasteiger partial charge in [-0.2, -0.15) is 0 Å². The van der Waals surface area contributed by atoms with Crippen molar-refractivity contribution >= 4 is 30.3 Å². The third-order valence-electron chi connectivity index (χ3n) is 3.94. The van der Waals surface area contributed by atoms with Crippen molar-refractivity contribution in [2.75, 3.05) is 34.0 Å². The van der Waals surface area contributed by atoms with Gasteiger partial charge in [-0.15, -0.1) is 24.2 Å². The number of thioether (sulfide) groups is 1. The van der Waals surface area contributed by atoms with Crippen LogP contribution in [0.25, 0.3) is 0 Å². The lowest BCUT2D eigenvalue weighted by Crippen LogP contribution is -2.25. The van der Waals surface area contributed by atoms with Gasteiger partial charge in [0.1, 0.15) is 11.5 Å². The second-order valence-corrected chi connectivity index (χ2v) is 6.87. The average molecular weight is 411 g/mol. The number of carbonyl (C=O) groups excluding carboxylic acids is 1. The van der Waals surface area contributed by atoms with Crippen LogP contribution in [-0.4, -0.2) is 45.0 Å². The molecule has 0 spiro atoms. The minimum atomic E-state index is -0.385. The lowest BCUT2D eigenvalue weighted by Gasteiger charge is -2.18. The number of hydrogen-bond donors (Lipinski definition) is 1. The predicted octanol–water partition coefficient (Wildman–Crippen LogP) is 4.62. The quantitative estimate of drug-likeness (QED) is 0.643. The summed E-state index contributed by atoms with van der Waals surface area (Å²) >= 11 is 1.71. The minimum absolute atomic E-state index is 0. The lowest BCUT2D eigenvalue weighted by atomic mass is 10.0. The molecule has 1 amide bonds. The highest BCUT2D eigenvalue weighted by Gasteiger charge is 2.11. The van der Waals surface area contributed by atoms with Gasteiger partial charge in [0.25, 0.3) is 0 Å². The van der Waals surface area contributed by atoms with Gasteiger partial charge in [-0.1, -0.05) is 12.1 Å². The van der Waals surface area contributed by atoms with Gasteiger partial charge in [0, 0.05) is 31.5 Å². The van der Waals surface area contributed by atoms with Gasteiger partial charge >= 0.3 is 6.09 Å². The van der Waals surface area contributed by atoms with Crippen LogP contribution in [-0.2, 0) is 0 Å². The summed E-state index contributed by atoms with van der Waals surface area (Å²) in [7, 11) is 5.24. The number of rotatable bonds is 8. The minimum Gasteiger partial charge on any atom is -0.494 e. The van der Waals surface area contributed by atoms with Gasteiger partial charge in [0.15, 0.2) is 0 Å². The summed E-state index contributed by atoms with van der Waals surface area (Å²) in [6, 6.07) is 15.8. The highest BCUT2D eigenvalue weighted by molar-refractivity contribution is 7.98. The van der Waals surface area contributed by atoms with Crippen molar-refractivity contribution in [1.82, 2.24) is 10.2 Å². The number of hydrogen-bond acceptors (Lipinski definition) is 5. The maximum atomic E-state index is 11.6. The molecule has 0 aliphatic rings. The molecule has 2 rings (SSSR count). The van der Waals surface area contributed by atoms with Crippen molar-refractivity contribution in [3.63, 3.8) is 0 Å². The molecule has 1 atom stereocenters. The fourth-order valence-corrected chi connectivity index (χ4v) is 2.81. The van der Waals surface area contributed by atoms with E-state index >= 15 is 0 Å². The second-order valence-electron chi connectivity index (χ2n) is 5.99. The molecular weight excluding hydrogens is 384 g/mol. The third kappa shape index (κ3) is 7.33. The van der Waals surface area contributed by atoms with Gasteiger partial charge in [0.05, 0.1) is 6.61 Å². The molecule has 148 valence electrons. The molecule has 2 aromatic carbocycles. The van der Waals surface area contributed by atoms with Crippen molar-refractivity contribution in [2.24, 2.45) is 0 Å². The Labute approximate surface area is 171 Å². The summed E-state index contributed by atoms with van der Waals surface area (Å²) in [6.07, 6.45) is 2.50. The number of carbonyl (C=O) groups is 1. The summed E-state index contributed by atoms with van der Waals surface area (Å²) in [6.45, 7) is 0.613. The van der Waals surface area contributed by atoms with E-state index in [0.717, 1.165) is 17.7 Å². The van der Waals surface area contributed by atoms with Crippen LogP contribution in [0.3, 0.4) is 0 Å². The molecule has 0 aliphatic heterocycles. The number of halogens is 1. The molecule has 1 N–H and O–H groups in total. The van der Waals surface area contributed by atoms with Crippen molar-refractivity contribution in [3.05, 3.63) is 54.1 Å². The van der Waals surface area contributed by atoms with E-state index in [0.29, 0.717) is 12.4 Å². The first-order valence-corrected chi connectivity index (χ1v) is 9.69. The van der Waals surface area contributed by atoms with Crippen LogP contribution in [0.2, 0.25) is 0 Å². The Balaban J connectivity index is 0.00000364. The van der Waals surface area contributed by atoms with Gasteiger partial charge in [-0.05, 0) is 55.3 Å². The summed E-state index contributed by atoms with van der Waals surface area (Å²) < 4.78 is 11.1. The van der Waals surface area contributed by atoms with Crippen LogP contribution >= 0.6 is 24.2 Å². The number of ether oxygens (including phenoxy) is 2. The number of nitrogens with zero attached hydrogens (tertiary/aromatic N) is 1. The fraction of sp³-hybridized carbons (Fsp3) is 0.350. The Morgan fingerprint density at radius 3 is 2.19 bits per heavy atom. The Hall–Kier alpha value is -1.89. The average Bonchev–Trinajstić information content (AvgIpc) is 2.66. The Kier molecular flexibility index (Phi) is 10.1. The first-order valence-electron chi connectivity index (χ1n) is 8.46. The molecule has 0 aliphatic carbocycles. The predicted molar refractivity (Wildman–Crippen MR) is 114 cm³/mol. The zero-order valence-electron chi connectivity index (χ0n) is 16.1. The highest BCUT2D eigenvalue weighted by atomic mass is 35.5. The van der Waals surface area contributed by atoms with Gasteiger partial charge in [-0.25, -0.2) is 4.79 Å². The van der Waals surface area contributed by atoms with Crippen molar-refractivity contribution in [3.8, 4) is 11.5 Å². The largest absolute Gasteiger partial charge is 0.494 e. The molecule has 27 heavy (non-hydrogen) atoms. The van der Waals surface area contributed by atoms with Gasteiger partial charge in [0.2, 0.25) is 0 Å². The summed E-state index contributed by atoms with van der Waals surface area (Å²) in [5.74, 6) is 1.41. The molecule has 0 heterocycles. The van der Waals surface area contributed by atoms with E-state index in [1.54, 1.807) is 25.9 Å². The molecule has 0 aromatic heterocycles. The maximum absolute atomic E-state index is 11.6. The van der Waals surface area contributed by atoms with Crippen molar-refractivity contribution in [2.45, 2.75) is 17.4 Å². The van der Waals surface area contributed by atoms with Crippen molar-refractivity contribution < 1.29 is 14.3 Å². The molecule has 2 aromatic rings. The molecule has 0 unspecified atom stereocenters. The maximum Gasteiger partial charge on any atom is 0.414 e. The topological polar surface area (TPSA) is 50.8 Å². The van der Waals surface area contributed by atoms with E-state index in [1.165, 1.54) is 9.80 Å².